The Hall–Kier alpha value is -5.74. The average Bonchev–Trinajstić information content (AvgIpc) is 4.04. The highest BCUT2D eigenvalue weighted by Crippen LogP contribution is 2.36. The zero-order valence-corrected chi connectivity index (χ0v) is 33.5. The maximum absolute atomic E-state index is 13.7. The van der Waals surface area contributed by atoms with Crippen LogP contribution in [-0.2, 0) is 28.5 Å². The van der Waals surface area contributed by atoms with Crippen molar-refractivity contribution in [2.45, 2.75) is 89.8 Å². The van der Waals surface area contributed by atoms with E-state index in [1.165, 1.54) is 21.3 Å². The molecule has 6 rings (SSSR count). The summed E-state index contributed by atoms with van der Waals surface area (Å²) in [6.45, 7) is 8.34. The number of nitrogens with one attached hydrogen (secondary N) is 3. The van der Waals surface area contributed by atoms with Crippen molar-refractivity contribution in [3.8, 4) is 33.6 Å². The number of imidazole rings is 2. The van der Waals surface area contributed by atoms with Crippen LogP contribution in [0.2, 0.25) is 0 Å². The Balaban J connectivity index is 1.15. The molecule has 16 heteroatoms. The standard InChI is InChI=1S/C41H52N8O8/c1-22-32(45-36(43-22)30-10-8-20-48(30)38(50)34(24(3)54-5)47-41(53)56-7)28-16-12-26(13-17-28)27-14-18-29(19-15-27)33-23(2)44-37(46-33)31-11-9-21-49(31)39(51)35(25(4)55-6)57-40(42)52/h12-19,24-25,30-31,34-35H,8-11,20-21H2,1-7H3,(H2,42,52)(H,43,45)(H,44,46)(H,47,53)/t24-,25-,30+,31+,34+,35+/m1/s1. The molecule has 2 aliphatic rings. The lowest BCUT2D eigenvalue weighted by atomic mass is 10.0. The van der Waals surface area contributed by atoms with Crippen molar-refractivity contribution < 1.29 is 38.1 Å². The fourth-order valence-corrected chi connectivity index (χ4v) is 7.76. The molecule has 0 bridgehead atoms. The van der Waals surface area contributed by atoms with E-state index in [-0.39, 0.29) is 23.9 Å². The van der Waals surface area contributed by atoms with E-state index in [1.807, 2.05) is 38.1 Å². The topological polar surface area (TPSA) is 207 Å². The fraction of sp³-hybridized carbons (Fsp3) is 0.463. The predicted molar refractivity (Wildman–Crippen MR) is 211 cm³/mol. The molecule has 0 saturated carbocycles. The number of carbonyl (C=O) groups excluding carboxylic acids is 4. The van der Waals surface area contributed by atoms with Gasteiger partial charge in [-0.15, -0.1) is 0 Å². The third-order valence-corrected chi connectivity index (χ3v) is 11.0. The third-order valence-electron chi connectivity index (χ3n) is 11.0. The lowest BCUT2D eigenvalue weighted by Crippen LogP contribution is -2.54. The summed E-state index contributed by atoms with van der Waals surface area (Å²) in [5, 5.41) is 2.63. The van der Waals surface area contributed by atoms with Gasteiger partial charge < -0.3 is 49.8 Å². The number of methoxy groups -OCH3 is 3. The second kappa shape index (κ2) is 17.6. The van der Waals surface area contributed by atoms with Gasteiger partial charge in [-0.1, -0.05) is 48.5 Å². The Morgan fingerprint density at radius 2 is 1.16 bits per heavy atom. The Kier molecular flexibility index (Phi) is 12.6. The quantitative estimate of drug-likeness (QED) is 0.137. The van der Waals surface area contributed by atoms with Crippen LogP contribution >= 0.6 is 0 Å². The molecule has 4 aromatic rings. The van der Waals surface area contributed by atoms with Gasteiger partial charge in [0.15, 0.2) is 0 Å². The number of likely N-dealkylation sites (tertiary alicyclic amines) is 2. The van der Waals surface area contributed by atoms with Crippen LogP contribution in [0.4, 0.5) is 9.59 Å². The number of primary amides is 1. The Labute approximate surface area is 331 Å². The van der Waals surface area contributed by atoms with Gasteiger partial charge in [0.1, 0.15) is 23.8 Å². The Morgan fingerprint density at radius 1 is 0.719 bits per heavy atom. The number of rotatable bonds is 13. The highest BCUT2D eigenvalue weighted by atomic mass is 16.6. The SMILES string of the molecule is COC(=O)N[C@H](C(=O)N1CCC[C@H]1c1nc(-c2ccc(-c3ccc(-c4nc([C@@H]5CCCN5C(=O)[C@@H](OC(N)=O)[C@@H](C)OC)[nH]c4C)cc3)cc2)c(C)[nH]1)[C@@H](C)OC. The van der Waals surface area contributed by atoms with Gasteiger partial charge in [0.25, 0.3) is 5.91 Å². The molecule has 4 amide bonds. The number of aryl methyl sites for hydroxylation is 2. The number of nitrogens with zero attached hydrogens (tertiary/aromatic N) is 4. The average molecular weight is 785 g/mol. The minimum absolute atomic E-state index is 0.251. The summed E-state index contributed by atoms with van der Waals surface area (Å²) >= 11 is 0. The Morgan fingerprint density at radius 3 is 1.58 bits per heavy atom. The van der Waals surface area contributed by atoms with Crippen LogP contribution in [0.1, 0.15) is 74.7 Å². The number of alkyl carbamates (subject to hydrolysis) is 1. The third kappa shape index (κ3) is 8.66. The van der Waals surface area contributed by atoms with Crippen molar-refractivity contribution in [1.29, 1.82) is 0 Å². The summed E-state index contributed by atoms with van der Waals surface area (Å²) in [6.07, 6.45) is -1.10. The van der Waals surface area contributed by atoms with E-state index < -0.39 is 36.5 Å². The molecule has 2 aromatic heterocycles. The number of nitrogens with two attached hydrogens (primary N) is 1. The van der Waals surface area contributed by atoms with E-state index >= 15 is 0 Å². The number of aromatic nitrogens is 4. The van der Waals surface area contributed by atoms with Crippen LogP contribution in [0.15, 0.2) is 48.5 Å². The smallest absolute Gasteiger partial charge is 0.407 e. The molecule has 0 spiro atoms. The largest absolute Gasteiger partial charge is 0.453 e. The molecule has 16 nitrogen and oxygen atoms in total. The van der Waals surface area contributed by atoms with Crippen molar-refractivity contribution in [3.63, 3.8) is 0 Å². The highest BCUT2D eigenvalue weighted by Gasteiger charge is 2.41. The van der Waals surface area contributed by atoms with E-state index in [0.29, 0.717) is 31.2 Å². The van der Waals surface area contributed by atoms with Crippen molar-refractivity contribution in [2.24, 2.45) is 5.73 Å². The summed E-state index contributed by atoms with van der Waals surface area (Å²) in [7, 11) is 4.20. The van der Waals surface area contributed by atoms with Crippen LogP contribution in [-0.4, -0.2) is 113 Å². The van der Waals surface area contributed by atoms with Gasteiger partial charge >= 0.3 is 12.2 Å². The lowest BCUT2D eigenvalue weighted by Gasteiger charge is -2.30. The molecule has 4 heterocycles. The van der Waals surface area contributed by atoms with Crippen LogP contribution < -0.4 is 11.1 Å². The van der Waals surface area contributed by atoms with Crippen LogP contribution in [0.25, 0.3) is 33.6 Å². The lowest BCUT2D eigenvalue weighted by molar-refractivity contribution is -0.148. The van der Waals surface area contributed by atoms with E-state index in [0.717, 1.165) is 64.3 Å². The first-order valence-electron chi connectivity index (χ1n) is 19.2. The number of carbonyl (C=O) groups is 4. The van der Waals surface area contributed by atoms with Gasteiger partial charge in [0.2, 0.25) is 12.0 Å². The van der Waals surface area contributed by atoms with E-state index in [4.69, 9.17) is 34.6 Å². The molecular weight excluding hydrogens is 732 g/mol. The first-order chi connectivity index (χ1) is 27.3. The minimum atomic E-state index is -1.16. The number of H-pyrrole nitrogens is 2. The molecule has 2 aromatic carbocycles. The summed E-state index contributed by atoms with van der Waals surface area (Å²) in [5.41, 5.74) is 12.5. The zero-order chi connectivity index (χ0) is 41.0. The van der Waals surface area contributed by atoms with Crippen LogP contribution in [0.3, 0.4) is 0 Å². The maximum Gasteiger partial charge on any atom is 0.407 e. The van der Waals surface area contributed by atoms with Crippen LogP contribution in [0, 0.1) is 13.8 Å². The molecule has 2 aliphatic heterocycles. The molecular formula is C41H52N8O8. The number of hydrogen-bond acceptors (Lipinski definition) is 10. The molecule has 2 saturated heterocycles. The number of hydrogen-bond donors (Lipinski definition) is 4. The maximum atomic E-state index is 13.7. The molecule has 2 fully saturated rings. The van der Waals surface area contributed by atoms with Crippen molar-refractivity contribution >= 4 is 24.0 Å². The second-order valence-electron chi connectivity index (χ2n) is 14.6. The number of ether oxygens (including phenoxy) is 4. The minimum Gasteiger partial charge on any atom is -0.453 e. The van der Waals surface area contributed by atoms with Crippen molar-refractivity contribution in [2.75, 3.05) is 34.4 Å². The fourth-order valence-electron chi connectivity index (χ4n) is 7.76. The van der Waals surface area contributed by atoms with E-state index in [9.17, 15) is 19.2 Å². The van der Waals surface area contributed by atoms with Crippen molar-refractivity contribution in [1.82, 2.24) is 35.1 Å². The Bertz CT molecular complexity index is 2060. The summed E-state index contributed by atoms with van der Waals surface area (Å²) < 4.78 is 20.6. The first kappa shape index (κ1) is 40.9. The second-order valence-corrected chi connectivity index (χ2v) is 14.6. The zero-order valence-electron chi connectivity index (χ0n) is 33.5. The number of amides is 4. The van der Waals surface area contributed by atoms with E-state index in [2.05, 4.69) is 39.6 Å². The molecule has 6 atom stereocenters. The van der Waals surface area contributed by atoms with Gasteiger partial charge in [-0.2, -0.15) is 0 Å². The van der Waals surface area contributed by atoms with Gasteiger partial charge in [-0.05, 0) is 64.5 Å². The molecule has 5 N–H and O–H groups in total. The normalized spacial score (nSPS) is 18.9. The summed E-state index contributed by atoms with van der Waals surface area (Å²) in [6, 6.07) is 14.9. The van der Waals surface area contributed by atoms with Crippen LogP contribution in [0.5, 0.6) is 0 Å². The molecule has 57 heavy (non-hydrogen) atoms. The summed E-state index contributed by atoms with van der Waals surface area (Å²) in [4.78, 5) is 71.0. The molecule has 0 unspecified atom stereocenters. The molecule has 0 aliphatic carbocycles. The predicted octanol–water partition coefficient (Wildman–Crippen LogP) is 5.34. The monoisotopic (exact) mass is 784 g/mol. The van der Waals surface area contributed by atoms with Gasteiger partial charge in [-0.25, -0.2) is 19.6 Å². The number of aromatic amines is 2. The first-order valence-corrected chi connectivity index (χ1v) is 19.2. The molecule has 0 radical (unpaired) electrons. The van der Waals surface area contributed by atoms with Gasteiger partial charge in [0.05, 0.1) is 36.7 Å². The molecule has 304 valence electrons. The summed E-state index contributed by atoms with van der Waals surface area (Å²) in [5.74, 6) is 0.740. The van der Waals surface area contributed by atoms with Gasteiger partial charge in [0, 0.05) is 49.8 Å². The van der Waals surface area contributed by atoms with Gasteiger partial charge in [-0.3, -0.25) is 9.59 Å². The van der Waals surface area contributed by atoms with Crippen molar-refractivity contribution in [3.05, 3.63) is 71.6 Å². The highest BCUT2D eigenvalue weighted by molar-refractivity contribution is 5.87. The number of benzene rings is 2. The van der Waals surface area contributed by atoms with E-state index in [1.54, 1.807) is 23.6 Å².